The van der Waals surface area contributed by atoms with Crippen LogP contribution in [0.15, 0.2) is 47.5 Å². The summed E-state index contributed by atoms with van der Waals surface area (Å²) in [5, 5.41) is 3.87. The van der Waals surface area contributed by atoms with Crippen LogP contribution in [0.4, 0.5) is 5.69 Å². The predicted molar refractivity (Wildman–Crippen MR) is 157 cm³/mol. The van der Waals surface area contributed by atoms with Crippen LogP contribution in [-0.4, -0.2) is 23.8 Å². The van der Waals surface area contributed by atoms with E-state index < -0.39 is 19.5 Å². The molecule has 0 aromatic heterocycles. The van der Waals surface area contributed by atoms with Crippen LogP contribution >= 0.6 is 38.2 Å². The third kappa shape index (κ3) is 14.3. The number of hydrogen-bond acceptors (Lipinski definition) is 2. The molecule has 8 heteroatoms. The molecule has 3 nitrogen and oxygen atoms in total. The SMILES string of the molecule is Cc1ccc(CC(=Nc2c(C)cccc2C)N[PH+](C(C)C)C(C)C)cc1.[CH-]1CCCO1.[Cl][Cr+]([Cl])[Cl]. The molecule has 1 fully saturated rings. The molecule has 1 aliphatic heterocycles. The molecule has 0 unspecified atom stereocenters. The van der Waals surface area contributed by atoms with Gasteiger partial charge in [0.1, 0.15) is 5.84 Å². The summed E-state index contributed by atoms with van der Waals surface area (Å²) in [7, 11) is 14.1. The molecule has 196 valence electrons. The van der Waals surface area contributed by atoms with E-state index in [0.717, 1.165) is 31.0 Å². The van der Waals surface area contributed by atoms with Gasteiger partial charge in [-0.25, -0.2) is 16.7 Å². The molecule has 2 aromatic rings. The van der Waals surface area contributed by atoms with E-state index in [4.69, 9.17) is 39.9 Å². The zero-order chi connectivity index (χ0) is 26.4. The molecule has 2 aromatic carbocycles. The Kier molecular flexibility index (Phi) is 16.9. The zero-order valence-corrected chi connectivity index (χ0v) is 26.5. The molecule has 0 bridgehead atoms. The van der Waals surface area contributed by atoms with Gasteiger partial charge in [0.2, 0.25) is 0 Å². The van der Waals surface area contributed by atoms with Crippen molar-refractivity contribution in [3.63, 3.8) is 0 Å². The van der Waals surface area contributed by atoms with Crippen LogP contribution in [0.3, 0.4) is 0 Å². The molecule has 1 N–H and O–H groups in total. The van der Waals surface area contributed by atoms with Crippen molar-refractivity contribution < 1.29 is 16.1 Å². The number of aryl methyl sites for hydroxylation is 3. The van der Waals surface area contributed by atoms with Crippen molar-refractivity contribution in [3.8, 4) is 0 Å². The van der Waals surface area contributed by atoms with Gasteiger partial charge in [-0.3, -0.25) is 0 Å². The Morgan fingerprint density at radius 1 is 1.00 bits per heavy atom. The molecular formula is C27H41Cl3CrN2OP+. The van der Waals surface area contributed by atoms with Crippen LogP contribution in [0.5, 0.6) is 0 Å². The van der Waals surface area contributed by atoms with Crippen molar-refractivity contribution in [2.75, 3.05) is 6.61 Å². The number of amidine groups is 1. The van der Waals surface area contributed by atoms with Crippen LogP contribution in [0.25, 0.3) is 0 Å². The van der Waals surface area contributed by atoms with Gasteiger partial charge in [0.25, 0.3) is 0 Å². The first-order chi connectivity index (χ1) is 16.5. The molecule has 3 rings (SSSR count). The number of ether oxygens (including phenoxy) is 1. The second-order valence-corrected chi connectivity index (χ2v) is 19.0. The van der Waals surface area contributed by atoms with Gasteiger partial charge in [0.05, 0.1) is 25.1 Å². The average Bonchev–Trinajstić information content (AvgIpc) is 3.35. The number of benzene rings is 2. The fraction of sp³-hybridized carbons (Fsp3) is 0.481. The number of aliphatic imine (C=N–C) groups is 1. The van der Waals surface area contributed by atoms with E-state index in [1.807, 2.05) is 6.61 Å². The topological polar surface area (TPSA) is 33.6 Å². The van der Waals surface area contributed by atoms with Crippen molar-refractivity contribution in [2.45, 2.75) is 79.0 Å². The molecular weight excluding hydrogens is 558 g/mol. The fourth-order valence-electron chi connectivity index (χ4n) is 3.67. The van der Waals surface area contributed by atoms with Crippen molar-refractivity contribution in [1.82, 2.24) is 5.09 Å². The van der Waals surface area contributed by atoms with Crippen LogP contribution in [0.1, 0.15) is 62.8 Å². The number of halogens is 3. The van der Waals surface area contributed by atoms with Gasteiger partial charge in [-0.05, 0) is 65.2 Å². The van der Waals surface area contributed by atoms with E-state index in [2.05, 4.69) is 96.0 Å². The summed E-state index contributed by atoms with van der Waals surface area (Å²) in [5.41, 5.74) is 7.48. The Bertz CT molecular complexity index is 850. The third-order valence-corrected chi connectivity index (χ3v) is 8.48. The molecule has 0 saturated carbocycles. The Morgan fingerprint density at radius 3 is 1.94 bits per heavy atom. The predicted octanol–water partition coefficient (Wildman–Crippen LogP) is 9.44. The number of rotatable bonds is 6. The minimum absolute atomic E-state index is 0.654. The van der Waals surface area contributed by atoms with Gasteiger partial charge in [-0.2, -0.15) is 6.42 Å². The van der Waals surface area contributed by atoms with Crippen molar-refractivity contribution >= 4 is 49.7 Å². The van der Waals surface area contributed by atoms with E-state index in [-0.39, 0.29) is 0 Å². The molecule has 0 spiro atoms. The van der Waals surface area contributed by atoms with Gasteiger partial charge in [0.15, 0.2) is 0 Å². The molecule has 0 amide bonds. The fourth-order valence-corrected chi connectivity index (χ4v) is 6.05. The molecule has 0 radical (unpaired) electrons. The Balaban J connectivity index is 0.000000571. The molecule has 1 aliphatic rings. The maximum absolute atomic E-state index is 5.11. The Hall–Kier alpha value is -0.298. The van der Waals surface area contributed by atoms with E-state index in [1.54, 1.807) is 0 Å². The van der Waals surface area contributed by atoms with E-state index >= 15 is 0 Å². The van der Waals surface area contributed by atoms with Gasteiger partial charge in [-0.1, -0.05) is 54.4 Å². The van der Waals surface area contributed by atoms with E-state index in [9.17, 15) is 0 Å². The van der Waals surface area contributed by atoms with Gasteiger partial charge >= 0.3 is 41.5 Å². The van der Waals surface area contributed by atoms with Crippen molar-refractivity contribution in [2.24, 2.45) is 4.99 Å². The zero-order valence-electron chi connectivity index (χ0n) is 22.0. The van der Waals surface area contributed by atoms with Crippen LogP contribution in [0, 0.1) is 27.4 Å². The number of nitrogens with one attached hydrogen (secondary N) is 1. The molecule has 1 heterocycles. The van der Waals surface area contributed by atoms with Crippen LogP contribution in [-0.2, 0) is 22.5 Å². The summed E-state index contributed by atoms with van der Waals surface area (Å²) in [5.74, 6) is 1.10. The molecule has 1 saturated heterocycles. The first kappa shape index (κ1) is 32.7. The van der Waals surface area contributed by atoms with E-state index in [1.165, 1.54) is 28.7 Å². The van der Waals surface area contributed by atoms with Crippen LogP contribution in [0.2, 0.25) is 0 Å². The second-order valence-electron chi connectivity index (χ2n) is 9.21. The van der Waals surface area contributed by atoms with E-state index in [0.29, 0.717) is 11.3 Å². The summed E-state index contributed by atoms with van der Waals surface area (Å²) < 4.78 is 4.82. The van der Waals surface area contributed by atoms with Crippen LogP contribution < -0.4 is 5.09 Å². The molecule has 35 heavy (non-hydrogen) atoms. The first-order valence-electron chi connectivity index (χ1n) is 12.0. The number of hydrogen-bond donors (Lipinski definition) is 1. The maximum atomic E-state index is 5.11. The summed E-state index contributed by atoms with van der Waals surface area (Å²) >= 11 is -1.62. The third-order valence-electron chi connectivity index (χ3n) is 5.41. The summed E-state index contributed by atoms with van der Waals surface area (Å²) in [6.07, 6.45) is 3.22. The summed E-state index contributed by atoms with van der Waals surface area (Å²) in [4.78, 5) is 5.11. The minimum atomic E-state index is -1.62. The second kappa shape index (κ2) is 18.0. The number of nitrogens with zero attached hydrogens (tertiary/aromatic N) is 1. The average molecular weight is 599 g/mol. The standard InChI is InChI=1S/C23H33N2P.C4H7O.3ClH.Cr/c1-16(2)26(17(3)4)25-22(15-21-13-11-18(5)12-14-21)24-23-19(6)9-8-10-20(23)7;1-2-4-5-3-1;;;;/h8-14,16-17H,15H2,1-7H3,(H,24,25);3H,1-2,4H2;3*1H;/q;-1;;;;+4/p-2. The molecule has 0 aliphatic carbocycles. The van der Waals surface area contributed by atoms with Crippen molar-refractivity contribution in [3.05, 3.63) is 71.3 Å². The Labute approximate surface area is 231 Å². The first-order valence-corrected chi connectivity index (χ1v) is 18.9. The van der Waals surface area contributed by atoms with Gasteiger partial charge < -0.3 is 4.74 Å². The monoisotopic (exact) mass is 597 g/mol. The molecule has 0 atom stereocenters. The van der Waals surface area contributed by atoms with Crippen molar-refractivity contribution in [1.29, 1.82) is 0 Å². The quantitative estimate of drug-likeness (QED) is 0.156. The van der Waals surface area contributed by atoms with Gasteiger partial charge in [-0.15, -0.1) is 0 Å². The normalized spacial score (nSPS) is 13.6. The summed E-state index contributed by atoms with van der Waals surface area (Å²) in [6, 6.07) is 15.2. The van der Waals surface area contributed by atoms with Gasteiger partial charge in [0, 0.05) is 13.0 Å². The number of para-hydroxylation sites is 1. The Morgan fingerprint density at radius 2 is 1.54 bits per heavy atom. The summed E-state index contributed by atoms with van der Waals surface area (Å²) in [6.45, 7) is 18.5.